The Balaban J connectivity index is 1.94. The van der Waals surface area contributed by atoms with Gasteiger partial charge < -0.3 is 10.6 Å². The number of benzene rings is 2. The van der Waals surface area contributed by atoms with E-state index in [9.17, 15) is 9.59 Å². The van der Waals surface area contributed by atoms with Gasteiger partial charge in [0.1, 0.15) is 0 Å². The first-order chi connectivity index (χ1) is 12.5. The number of aryl methyl sites for hydroxylation is 1. The molecule has 0 aromatic heterocycles. The predicted octanol–water partition coefficient (Wildman–Crippen LogP) is 4.99. The fourth-order valence-electron chi connectivity index (χ4n) is 2.66. The van der Waals surface area contributed by atoms with Crippen molar-refractivity contribution in [3.05, 3.63) is 62.6 Å². The lowest BCUT2D eigenvalue weighted by Crippen LogP contribution is -2.28. The van der Waals surface area contributed by atoms with E-state index in [1.54, 1.807) is 24.3 Å². The summed E-state index contributed by atoms with van der Waals surface area (Å²) in [5.74, 6) is -0.343. The van der Waals surface area contributed by atoms with Crippen molar-refractivity contribution in [1.29, 1.82) is 0 Å². The van der Waals surface area contributed by atoms with Crippen LogP contribution < -0.4 is 10.6 Å². The lowest BCUT2D eigenvalue weighted by Gasteiger charge is -2.16. The number of rotatable bonds is 7. The number of amides is 2. The molecule has 2 aromatic rings. The topological polar surface area (TPSA) is 58.2 Å². The van der Waals surface area contributed by atoms with E-state index >= 15 is 0 Å². The van der Waals surface area contributed by atoms with Gasteiger partial charge in [0.25, 0.3) is 5.91 Å². The quantitative estimate of drug-likeness (QED) is 0.641. The molecule has 0 aliphatic carbocycles. The normalized spacial score (nSPS) is 10.5. The maximum atomic E-state index is 12.3. The second-order valence-corrected chi connectivity index (χ2v) is 7.15. The van der Waals surface area contributed by atoms with E-state index in [-0.39, 0.29) is 24.8 Å². The average Bonchev–Trinajstić information content (AvgIpc) is 2.62. The third kappa shape index (κ3) is 5.32. The zero-order valence-corrected chi connectivity index (χ0v) is 17.2. The Morgan fingerprint density at radius 3 is 2.35 bits per heavy atom. The van der Waals surface area contributed by atoms with E-state index in [0.29, 0.717) is 10.6 Å². The van der Waals surface area contributed by atoms with Gasteiger partial charge in [-0.25, -0.2) is 0 Å². The van der Waals surface area contributed by atoms with Gasteiger partial charge in [0.15, 0.2) is 0 Å². The van der Waals surface area contributed by atoms with E-state index in [4.69, 9.17) is 11.6 Å². The van der Waals surface area contributed by atoms with Gasteiger partial charge >= 0.3 is 0 Å². The minimum absolute atomic E-state index is 0.146. The molecule has 2 N–H and O–H groups in total. The lowest BCUT2D eigenvalue weighted by molar-refractivity contribution is -0.116. The third-order valence-corrected chi connectivity index (χ3v) is 4.97. The molecular weight excluding hydrogens is 416 g/mol. The number of carbonyl (C=O) groups excluding carboxylic acids is 2. The van der Waals surface area contributed by atoms with Crippen molar-refractivity contribution in [3.63, 3.8) is 0 Å². The van der Waals surface area contributed by atoms with Crippen LogP contribution in [-0.2, 0) is 17.6 Å². The summed E-state index contributed by atoms with van der Waals surface area (Å²) < 4.78 is 0.911. The molecule has 0 radical (unpaired) electrons. The van der Waals surface area contributed by atoms with Crippen LogP contribution in [0.4, 0.5) is 5.69 Å². The SMILES string of the molecule is CCc1ccc(Cl)c(CC)c1NC(=O)CCNC(=O)c1ccc(Br)cc1. The zero-order chi connectivity index (χ0) is 19.1. The summed E-state index contributed by atoms with van der Waals surface area (Å²) in [6.07, 6.45) is 1.74. The summed E-state index contributed by atoms with van der Waals surface area (Å²) in [5.41, 5.74) is 3.36. The van der Waals surface area contributed by atoms with Crippen LogP contribution in [0.3, 0.4) is 0 Å². The van der Waals surface area contributed by atoms with Gasteiger partial charge in [-0.1, -0.05) is 47.4 Å². The molecule has 0 aliphatic rings. The van der Waals surface area contributed by atoms with Crippen LogP contribution in [0.15, 0.2) is 40.9 Å². The van der Waals surface area contributed by atoms with E-state index in [0.717, 1.165) is 34.1 Å². The van der Waals surface area contributed by atoms with E-state index in [1.807, 2.05) is 26.0 Å². The van der Waals surface area contributed by atoms with Gasteiger partial charge in [-0.2, -0.15) is 0 Å². The van der Waals surface area contributed by atoms with Crippen molar-refractivity contribution < 1.29 is 9.59 Å². The number of nitrogens with one attached hydrogen (secondary N) is 2. The second-order valence-electron chi connectivity index (χ2n) is 5.83. The molecule has 0 saturated heterocycles. The Kier molecular flexibility index (Phi) is 7.66. The minimum Gasteiger partial charge on any atom is -0.352 e. The number of halogens is 2. The molecule has 6 heteroatoms. The van der Waals surface area contributed by atoms with Crippen molar-refractivity contribution >= 4 is 45.0 Å². The first-order valence-corrected chi connectivity index (χ1v) is 9.77. The number of anilines is 1. The summed E-state index contributed by atoms with van der Waals surface area (Å²) in [4.78, 5) is 24.4. The van der Waals surface area contributed by atoms with Gasteiger partial charge in [0.2, 0.25) is 5.91 Å². The molecule has 0 fully saturated rings. The van der Waals surface area contributed by atoms with Crippen LogP contribution in [-0.4, -0.2) is 18.4 Å². The highest BCUT2D eigenvalue weighted by Gasteiger charge is 2.13. The highest BCUT2D eigenvalue weighted by atomic mass is 79.9. The molecule has 2 rings (SSSR count). The minimum atomic E-state index is -0.198. The highest BCUT2D eigenvalue weighted by Crippen LogP contribution is 2.29. The van der Waals surface area contributed by atoms with Crippen LogP contribution in [0.25, 0.3) is 0 Å². The summed E-state index contributed by atoms with van der Waals surface area (Å²) >= 11 is 9.59. The van der Waals surface area contributed by atoms with Crippen molar-refractivity contribution in [2.75, 3.05) is 11.9 Å². The van der Waals surface area contributed by atoms with Gasteiger partial charge in [-0.05, 0) is 54.3 Å². The van der Waals surface area contributed by atoms with Crippen molar-refractivity contribution in [2.45, 2.75) is 33.1 Å². The summed E-state index contributed by atoms with van der Waals surface area (Å²) in [5, 5.41) is 6.38. The smallest absolute Gasteiger partial charge is 0.251 e. The molecule has 138 valence electrons. The Labute approximate surface area is 167 Å². The van der Waals surface area contributed by atoms with Crippen molar-refractivity contribution in [2.24, 2.45) is 0 Å². The molecule has 4 nitrogen and oxygen atoms in total. The van der Waals surface area contributed by atoms with Crippen LogP contribution in [0.1, 0.15) is 41.8 Å². The molecule has 2 aromatic carbocycles. The third-order valence-electron chi connectivity index (χ3n) is 4.08. The number of carbonyl (C=O) groups is 2. The molecule has 0 aliphatic heterocycles. The van der Waals surface area contributed by atoms with E-state index < -0.39 is 0 Å². The predicted molar refractivity (Wildman–Crippen MR) is 110 cm³/mol. The van der Waals surface area contributed by atoms with Crippen LogP contribution in [0.2, 0.25) is 5.02 Å². The van der Waals surface area contributed by atoms with Gasteiger partial charge in [0.05, 0.1) is 0 Å². The molecule has 0 unspecified atom stereocenters. The first-order valence-electron chi connectivity index (χ1n) is 8.60. The highest BCUT2D eigenvalue weighted by molar-refractivity contribution is 9.10. The Morgan fingerprint density at radius 1 is 1.04 bits per heavy atom. The lowest BCUT2D eigenvalue weighted by atomic mass is 10.0. The van der Waals surface area contributed by atoms with E-state index in [1.165, 1.54) is 0 Å². The van der Waals surface area contributed by atoms with Crippen LogP contribution in [0, 0.1) is 0 Å². The van der Waals surface area contributed by atoms with Gasteiger partial charge in [-0.15, -0.1) is 0 Å². The average molecular weight is 438 g/mol. The maximum absolute atomic E-state index is 12.3. The van der Waals surface area contributed by atoms with Crippen molar-refractivity contribution in [3.8, 4) is 0 Å². The fourth-order valence-corrected chi connectivity index (χ4v) is 3.22. The van der Waals surface area contributed by atoms with E-state index in [2.05, 4.69) is 26.6 Å². The molecule has 0 bridgehead atoms. The Bertz CT molecular complexity index is 791. The fraction of sp³-hybridized carbons (Fsp3) is 0.300. The molecule has 2 amide bonds. The Hall–Kier alpha value is -1.85. The largest absolute Gasteiger partial charge is 0.352 e. The first kappa shape index (κ1) is 20.5. The van der Waals surface area contributed by atoms with Crippen molar-refractivity contribution in [1.82, 2.24) is 5.32 Å². The molecule has 0 heterocycles. The number of hydrogen-bond donors (Lipinski definition) is 2. The Morgan fingerprint density at radius 2 is 1.73 bits per heavy atom. The maximum Gasteiger partial charge on any atom is 0.251 e. The zero-order valence-electron chi connectivity index (χ0n) is 14.9. The number of hydrogen-bond acceptors (Lipinski definition) is 2. The molecule has 26 heavy (non-hydrogen) atoms. The van der Waals surface area contributed by atoms with Gasteiger partial charge in [-0.3, -0.25) is 9.59 Å². The second kappa shape index (κ2) is 9.74. The standard InChI is InChI=1S/C20H22BrClN2O2/c1-3-13-7-10-17(22)16(4-2)19(13)24-18(25)11-12-23-20(26)14-5-8-15(21)9-6-14/h5-10H,3-4,11-12H2,1-2H3,(H,23,26)(H,24,25). The molecule has 0 spiro atoms. The summed E-state index contributed by atoms with van der Waals surface area (Å²) in [6, 6.07) is 10.9. The summed E-state index contributed by atoms with van der Waals surface area (Å²) in [6.45, 7) is 4.32. The summed E-state index contributed by atoms with van der Waals surface area (Å²) in [7, 11) is 0. The molecule has 0 saturated carbocycles. The van der Waals surface area contributed by atoms with Crippen LogP contribution >= 0.6 is 27.5 Å². The molecule has 0 atom stereocenters. The van der Waals surface area contributed by atoms with Crippen LogP contribution in [0.5, 0.6) is 0 Å². The monoisotopic (exact) mass is 436 g/mol. The van der Waals surface area contributed by atoms with Gasteiger partial charge in [0, 0.05) is 33.7 Å². The molecular formula is C20H22BrClN2O2.